The van der Waals surface area contributed by atoms with Gasteiger partial charge in [0.05, 0.1) is 0 Å². The van der Waals surface area contributed by atoms with E-state index in [1.54, 1.807) is 0 Å². The molecule has 0 saturated heterocycles. The van der Waals surface area contributed by atoms with Crippen LogP contribution in [0.15, 0.2) is 182 Å². The van der Waals surface area contributed by atoms with Crippen molar-refractivity contribution >= 4 is 27.3 Å². The Labute approximate surface area is 366 Å². The number of nitrogens with zero attached hydrogens (tertiary/aromatic N) is 4. The first-order valence-electron chi connectivity index (χ1n) is 21.1. The quantitative estimate of drug-likeness (QED) is 0.160. The summed E-state index contributed by atoms with van der Waals surface area (Å²) >= 11 is 2.50. The van der Waals surface area contributed by atoms with Crippen molar-refractivity contribution in [2.24, 2.45) is 0 Å². The SMILES string of the molecule is CC(C)(c1ccccc1)c1ccnc(-n2c3ccc(-c4ccccc4)cc3c3ccc(Oc4cccc(-n5cc6c7ccc(n6[c]5=[Pt])CCc5ccc(cc5)CC7)c4)cc32)c1. The van der Waals surface area contributed by atoms with Crippen LogP contribution in [0.1, 0.15) is 47.4 Å². The molecule has 14 rings (SSSR count). The molecular formula is C55H44N4OPt. The molecule has 6 heterocycles. The number of rotatable bonds is 7. The zero-order valence-corrected chi connectivity index (χ0v) is 36.4. The Kier molecular flexibility index (Phi) is 9.31. The van der Waals surface area contributed by atoms with Crippen LogP contribution in [0.4, 0.5) is 0 Å². The summed E-state index contributed by atoms with van der Waals surface area (Å²) in [5, 5.41) is 2.32. The van der Waals surface area contributed by atoms with Crippen molar-refractivity contribution < 1.29 is 24.1 Å². The monoisotopic (exact) mass is 971 g/mol. The van der Waals surface area contributed by atoms with E-state index >= 15 is 0 Å². The van der Waals surface area contributed by atoms with Crippen LogP contribution in [0.5, 0.6) is 11.5 Å². The van der Waals surface area contributed by atoms with Gasteiger partial charge in [-0.3, -0.25) is 0 Å². The molecular weight excluding hydrogens is 928 g/mol. The summed E-state index contributed by atoms with van der Waals surface area (Å²) in [6.07, 6.45) is 8.25. The molecule has 300 valence electrons. The Morgan fingerprint density at radius 2 is 1.31 bits per heavy atom. The van der Waals surface area contributed by atoms with Gasteiger partial charge in [-0.1, -0.05) is 80.6 Å². The molecule has 61 heavy (non-hydrogen) atoms. The third-order valence-electron chi connectivity index (χ3n) is 12.7. The van der Waals surface area contributed by atoms with Gasteiger partial charge in [-0.25, -0.2) is 0 Å². The van der Waals surface area contributed by atoms with Crippen LogP contribution in [0, 0.1) is 3.80 Å². The van der Waals surface area contributed by atoms with Crippen molar-refractivity contribution in [1.82, 2.24) is 18.5 Å². The number of aryl methyl sites for hydroxylation is 4. The molecule has 4 aromatic heterocycles. The van der Waals surface area contributed by atoms with E-state index in [0.717, 1.165) is 68.9 Å². The first-order chi connectivity index (χ1) is 29.9. The van der Waals surface area contributed by atoms with E-state index < -0.39 is 0 Å². The van der Waals surface area contributed by atoms with E-state index in [9.17, 15) is 0 Å². The van der Waals surface area contributed by atoms with E-state index in [-0.39, 0.29) is 5.41 Å². The van der Waals surface area contributed by atoms with Crippen LogP contribution in [-0.4, -0.2) is 18.5 Å². The maximum atomic E-state index is 6.79. The van der Waals surface area contributed by atoms with Crippen LogP contribution in [0.2, 0.25) is 0 Å². The summed E-state index contributed by atoms with van der Waals surface area (Å²) in [5.74, 6) is 2.42. The average Bonchev–Trinajstić information content (AvgIpc) is 3.82. The summed E-state index contributed by atoms with van der Waals surface area (Å²) in [5.41, 5.74) is 14.5. The number of imidazole rings is 1. The number of ether oxygens (including phenoxy) is 1. The van der Waals surface area contributed by atoms with Gasteiger partial charge in [-0.05, 0) is 28.3 Å². The molecule has 10 aromatic rings. The zero-order valence-electron chi connectivity index (χ0n) is 34.2. The summed E-state index contributed by atoms with van der Waals surface area (Å²) in [7, 11) is 0. The third-order valence-corrected chi connectivity index (χ3v) is 13.7. The van der Waals surface area contributed by atoms with E-state index in [2.05, 4.69) is 217 Å². The second-order valence-corrected chi connectivity index (χ2v) is 17.7. The van der Waals surface area contributed by atoms with E-state index in [1.807, 2.05) is 12.3 Å². The van der Waals surface area contributed by atoms with E-state index in [1.165, 1.54) is 55.5 Å². The number of benzene rings is 6. The fourth-order valence-corrected chi connectivity index (χ4v) is 10.2. The van der Waals surface area contributed by atoms with Crippen LogP contribution >= 0.6 is 0 Å². The Morgan fingerprint density at radius 3 is 2.11 bits per heavy atom. The Balaban J connectivity index is 0.997. The molecule has 5 nitrogen and oxygen atoms in total. The molecule has 0 fully saturated rings. The van der Waals surface area contributed by atoms with Gasteiger partial charge < -0.3 is 0 Å². The predicted octanol–water partition coefficient (Wildman–Crippen LogP) is 13.0. The molecule has 0 unspecified atom stereocenters. The molecule has 0 saturated carbocycles. The Hall–Kier alpha value is -6.55. The minimum atomic E-state index is -0.219. The molecule has 2 aliphatic carbocycles. The molecule has 4 aliphatic rings. The second kappa shape index (κ2) is 15.2. The maximum absolute atomic E-state index is 6.79. The fraction of sp³-hybridized carbons (Fsp3) is 0.127. The summed E-state index contributed by atoms with van der Waals surface area (Å²) in [6, 6.07) is 61.3. The number of aromatic nitrogens is 4. The Bertz CT molecular complexity index is 3320. The van der Waals surface area contributed by atoms with Gasteiger partial charge >= 0.3 is 248 Å². The van der Waals surface area contributed by atoms with Gasteiger partial charge in [0.2, 0.25) is 0 Å². The predicted molar refractivity (Wildman–Crippen MR) is 244 cm³/mol. The van der Waals surface area contributed by atoms with Crippen molar-refractivity contribution in [1.29, 1.82) is 0 Å². The zero-order chi connectivity index (χ0) is 41.1. The van der Waals surface area contributed by atoms with Crippen LogP contribution in [-0.2, 0) is 50.5 Å². The van der Waals surface area contributed by atoms with Gasteiger partial charge in [0, 0.05) is 11.6 Å². The van der Waals surface area contributed by atoms with Crippen LogP contribution in [0.3, 0.4) is 0 Å². The topological polar surface area (TPSA) is 36.4 Å². The number of hydrogen-bond donors (Lipinski definition) is 0. The van der Waals surface area contributed by atoms with E-state index in [4.69, 9.17) is 9.72 Å². The molecule has 0 atom stereocenters. The standard InChI is InChI=1S/C55H44N4O.Pt/c1-55(2,43-12-7-4-8-13-43)44-30-31-56-54(33-44)59-51-29-24-42(40-10-5-3-6-11-40)32-50(51)49-28-27-48(35-52(49)59)60-47-15-9-14-46(34-47)57-36-53-41-22-20-38-16-18-39(19-17-38)21-25-45(26-23-41)58(53)37-57;/h3-19,23-24,26-36H,20-22,25H2,1-2H3;. The number of fused-ring (bicyclic) bond motifs is 3. The van der Waals surface area contributed by atoms with Gasteiger partial charge in [-0.15, -0.1) is 0 Å². The van der Waals surface area contributed by atoms with Crippen molar-refractivity contribution in [3.63, 3.8) is 0 Å². The van der Waals surface area contributed by atoms with E-state index in [0.29, 0.717) is 0 Å². The molecule has 2 aliphatic heterocycles. The Morgan fingerprint density at radius 1 is 0.557 bits per heavy atom. The molecule has 0 spiro atoms. The average molecular weight is 972 g/mol. The molecule has 0 radical (unpaired) electrons. The fourth-order valence-electron chi connectivity index (χ4n) is 9.19. The van der Waals surface area contributed by atoms with Crippen molar-refractivity contribution in [3.8, 4) is 34.1 Å². The number of pyridine rings is 2. The second-order valence-electron chi connectivity index (χ2n) is 16.7. The van der Waals surface area contributed by atoms with Crippen molar-refractivity contribution in [3.05, 3.63) is 220 Å². The third kappa shape index (κ3) is 6.78. The van der Waals surface area contributed by atoms with Crippen LogP contribution in [0.25, 0.3) is 50.0 Å². The van der Waals surface area contributed by atoms with Gasteiger partial charge in [0.1, 0.15) is 0 Å². The van der Waals surface area contributed by atoms with Gasteiger partial charge in [-0.2, -0.15) is 0 Å². The normalized spacial score (nSPS) is 12.9. The molecule has 0 amide bonds. The molecule has 6 heteroatoms. The summed E-state index contributed by atoms with van der Waals surface area (Å²) < 4.78 is 15.0. The summed E-state index contributed by atoms with van der Waals surface area (Å²) in [4.78, 5) is 5.02. The first kappa shape index (κ1) is 37.4. The van der Waals surface area contributed by atoms with Crippen molar-refractivity contribution in [2.45, 2.75) is 44.9 Å². The van der Waals surface area contributed by atoms with Crippen LogP contribution < -0.4 is 4.74 Å². The van der Waals surface area contributed by atoms with Gasteiger partial charge in [0.15, 0.2) is 0 Å². The first-order valence-corrected chi connectivity index (χ1v) is 22.2. The van der Waals surface area contributed by atoms with Crippen molar-refractivity contribution in [2.75, 3.05) is 0 Å². The molecule has 6 aromatic carbocycles. The minimum absolute atomic E-state index is 0.219. The molecule has 4 bridgehead atoms. The number of hydrogen-bond acceptors (Lipinski definition) is 2. The molecule has 0 N–H and O–H groups in total. The van der Waals surface area contributed by atoms with Gasteiger partial charge in [0.25, 0.3) is 0 Å². The summed E-state index contributed by atoms with van der Waals surface area (Å²) in [6.45, 7) is 4.57.